The van der Waals surface area contributed by atoms with Crippen LogP contribution in [-0.2, 0) is 0 Å². The second-order valence-electron chi connectivity index (χ2n) is 5.01. The van der Waals surface area contributed by atoms with Gasteiger partial charge in [0.2, 0.25) is 0 Å². The van der Waals surface area contributed by atoms with Crippen LogP contribution in [0.15, 0.2) is 24.5 Å². The van der Waals surface area contributed by atoms with Gasteiger partial charge in [0.1, 0.15) is 6.33 Å². The molecule has 1 saturated heterocycles. The van der Waals surface area contributed by atoms with E-state index in [1.165, 1.54) is 12.8 Å². The molecule has 106 valence electrons. The molecule has 2 N–H and O–H groups in total. The molecule has 1 aromatic heterocycles. The van der Waals surface area contributed by atoms with Gasteiger partial charge in [-0.15, -0.1) is 5.10 Å². The molecular formula is C13H17ClN6. The maximum Gasteiger partial charge on any atom is 0.143 e. The van der Waals surface area contributed by atoms with Crippen LogP contribution in [0.5, 0.6) is 0 Å². The smallest absolute Gasteiger partial charge is 0.143 e. The molecule has 1 fully saturated rings. The summed E-state index contributed by atoms with van der Waals surface area (Å²) >= 11 is 6.24. The van der Waals surface area contributed by atoms with Crippen LogP contribution in [0.3, 0.4) is 0 Å². The highest BCUT2D eigenvalue weighted by Gasteiger charge is 2.13. The van der Waals surface area contributed by atoms with Crippen LogP contribution in [0.2, 0.25) is 5.02 Å². The first-order chi connectivity index (χ1) is 9.83. The molecule has 2 heterocycles. The van der Waals surface area contributed by atoms with Gasteiger partial charge in [-0.05, 0) is 60.5 Å². The summed E-state index contributed by atoms with van der Waals surface area (Å²) in [5.74, 6) is 0.650. The Hall–Kier alpha value is -1.66. The zero-order chi connectivity index (χ0) is 13.8. The Labute approximate surface area is 122 Å². The molecule has 2 aromatic rings. The van der Waals surface area contributed by atoms with E-state index in [4.69, 9.17) is 11.6 Å². The van der Waals surface area contributed by atoms with Crippen LogP contribution in [-0.4, -0.2) is 39.8 Å². The topological polar surface area (TPSA) is 67.7 Å². The molecule has 0 amide bonds. The lowest BCUT2D eigenvalue weighted by molar-refractivity contribution is 0.393. The Morgan fingerprint density at radius 1 is 1.45 bits per heavy atom. The number of hydrogen-bond donors (Lipinski definition) is 2. The Balaban J connectivity index is 1.70. The molecule has 0 spiro atoms. The van der Waals surface area contributed by atoms with Crippen LogP contribution < -0.4 is 10.6 Å². The maximum atomic E-state index is 6.24. The van der Waals surface area contributed by atoms with E-state index in [-0.39, 0.29) is 0 Å². The zero-order valence-electron chi connectivity index (χ0n) is 11.1. The number of anilines is 1. The average molecular weight is 293 g/mol. The van der Waals surface area contributed by atoms with Crippen molar-refractivity contribution in [3.05, 3.63) is 29.5 Å². The summed E-state index contributed by atoms with van der Waals surface area (Å²) < 4.78 is 1.61. The standard InChI is InChI=1S/C13H17ClN6/c14-12-4-3-11(20-9-17-18-19-20)6-13(12)16-8-10-2-1-5-15-7-10/h3-4,6,9-10,15-16H,1-2,5,7-8H2. The van der Waals surface area contributed by atoms with Crippen LogP contribution in [0.1, 0.15) is 12.8 Å². The summed E-state index contributed by atoms with van der Waals surface area (Å²) in [6.45, 7) is 3.12. The number of nitrogens with one attached hydrogen (secondary N) is 2. The monoisotopic (exact) mass is 292 g/mol. The zero-order valence-corrected chi connectivity index (χ0v) is 11.8. The molecule has 0 saturated carbocycles. The average Bonchev–Trinajstić information content (AvgIpc) is 3.02. The predicted octanol–water partition coefficient (Wildman–Crippen LogP) is 1.73. The van der Waals surface area contributed by atoms with Crippen molar-refractivity contribution in [2.75, 3.05) is 25.0 Å². The van der Waals surface area contributed by atoms with E-state index < -0.39 is 0 Å². The summed E-state index contributed by atoms with van der Waals surface area (Å²) in [6, 6.07) is 5.72. The molecular weight excluding hydrogens is 276 g/mol. The highest BCUT2D eigenvalue weighted by atomic mass is 35.5. The SMILES string of the molecule is Clc1ccc(-n2cnnn2)cc1NCC1CCCNC1. The Kier molecular flexibility index (Phi) is 4.13. The maximum absolute atomic E-state index is 6.24. The van der Waals surface area contributed by atoms with Crippen LogP contribution in [0.4, 0.5) is 5.69 Å². The van der Waals surface area contributed by atoms with Gasteiger partial charge in [0, 0.05) is 6.54 Å². The third-order valence-corrected chi connectivity index (χ3v) is 3.87. The fourth-order valence-corrected chi connectivity index (χ4v) is 2.61. The van der Waals surface area contributed by atoms with Crippen molar-refractivity contribution in [3.63, 3.8) is 0 Å². The minimum absolute atomic E-state index is 0.650. The normalized spacial score (nSPS) is 18.9. The van der Waals surface area contributed by atoms with Gasteiger partial charge in [0.25, 0.3) is 0 Å². The lowest BCUT2D eigenvalue weighted by atomic mass is 10.00. The number of aromatic nitrogens is 4. The van der Waals surface area contributed by atoms with Gasteiger partial charge in [0.05, 0.1) is 16.4 Å². The number of halogens is 1. The molecule has 0 bridgehead atoms. The van der Waals surface area contributed by atoms with Crippen molar-refractivity contribution in [1.82, 2.24) is 25.5 Å². The second kappa shape index (κ2) is 6.19. The van der Waals surface area contributed by atoms with E-state index in [0.29, 0.717) is 10.9 Å². The van der Waals surface area contributed by atoms with E-state index >= 15 is 0 Å². The number of nitrogens with zero attached hydrogens (tertiary/aromatic N) is 4. The van der Waals surface area contributed by atoms with Crippen LogP contribution >= 0.6 is 11.6 Å². The molecule has 0 radical (unpaired) electrons. The van der Waals surface area contributed by atoms with Gasteiger partial charge < -0.3 is 10.6 Å². The van der Waals surface area contributed by atoms with Crippen molar-refractivity contribution in [2.45, 2.75) is 12.8 Å². The summed E-state index contributed by atoms with van der Waals surface area (Å²) in [6.07, 6.45) is 4.06. The Bertz CT molecular complexity index is 550. The Morgan fingerprint density at radius 3 is 3.15 bits per heavy atom. The van der Waals surface area contributed by atoms with Gasteiger partial charge in [-0.25, -0.2) is 4.68 Å². The largest absolute Gasteiger partial charge is 0.383 e. The highest BCUT2D eigenvalue weighted by Crippen LogP contribution is 2.25. The third-order valence-electron chi connectivity index (χ3n) is 3.54. The molecule has 0 aliphatic carbocycles. The first kappa shape index (κ1) is 13.3. The van der Waals surface area contributed by atoms with E-state index in [2.05, 4.69) is 26.2 Å². The number of piperidine rings is 1. The van der Waals surface area contributed by atoms with Crippen molar-refractivity contribution in [1.29, 1.82) is 0 Å². The number of tetrazole rings is 1. The molecule has 6 nitrogen and oxygen atoms in total. The minimum Gasteiger partial charge on any atom is -0.383 e. The number of rotatable bonds is 4. The summed E-state index contributed by atoms with van der Waals surface area (Å²) in [5, 5.41) is 18.7. The molecule has 20 heavy (non-hydrogen) atoms. The lowest BCUT2D eigenvalue weighted by Gasteiger charge is -2.23. The summed E-state index contributed by atoms with van der Waals surface area (Å²) in [4.78, 5) is 0. The fourth-order valence-electron chi connectivity index (χ4n) is 2.42. The first-order valence-electron chi connectivity index (χ1n) is 6.80. The summed E-state index contributed by atoms with van der Waals surface area (Å²) in [5.41, 5.74) is 1.81. The predicted molar refractivity (Wildman–Crippen MR) is 78.2 cm³/mol. The third kappa shape index (κ3) is 3.08. The van der Waals surface area contributed by atoms with Gasteiger partial charge in [-0.3, -0.25) is 0 Å². The Morgan fingerprint density at radius 2 is 2.40 bits per heavy atom. The van der Waals surface area contributed by atoms with Gasteiger partial charge in [-0.2, -0.15) is 0 Å². The highest BCUT2D eigenvalue weighted by molar-refractivity contribution is 6.33. The van der Waals surface area contributed by atoms with E-state index in [9.17, 15) is 0 Å². The molecule has 7 heteroatoms. The molecule has 3 rings (SSSR count). The second-order valence-corrected chi connectivity index (χ2v) is 5.42. The minimum atomic E-state index is 0.650. The van der Waals surface area contributed by atoms with Gasteiger partial charge in [-0.1, -0.05) is 11.6 Å². The van der Waals surface area contributed by atoms with Crippen molar-refractivity contribution in [2.24, 2.45) is 5.92 Å². The summed E-state index contributed by atoms with van der Waals surface area (Å²) in [7, 11) is 0. The fraction of sp³-hybridized carbons (Fsp3) is 0.462. The molecule has 1 aromatic carbocycles. The first-order valence-corrected chi connectivity index (χ1v) is 7.18. The number of benzene rings is 1. The van der Waals surface area contributed by atoms with E-state index in [0.717, 1.165) is 31.0 Å². The molecule has 1 atom stereocenters. The van der Waals surface area contributed by atoms with E-state index in [1.807, 2.05) is 18.2 Å². The lowest BCUT2D eigenvalue weighted by Crippen LogP contribution is -2.33. The van der Waals surface area contributed by atoms with Crippen LogP contribution in [0, 0.1) is 5.92 Å². The molecule has 1 aliphatic heterocycles. The molecule has 1 unspecified atom stereocenters. The van der Waals surface area contributed by atoms with Crippen molar-refractivity contribution < 1.29 is 0 Å². The van der Waals surface area contributed by atoms with Gasteiger partial charge in [0.15, 0.2) is 0 Å². The molecule has 1 aliphatic rings. The van der Waals surface area contributed by atoms with Crippen LogP contribution in [0.25, 0.3) is 5.69 Å². The van der Waals surface area contributed by atoms with Crippen molar-refractivity contribution >= 4 is 17.3 Å². The van der Waals surface area contributed by atoms with Gasteiger partial charge >= 0.3 is 0 Å². The van der Waals surface area contributed by atoms with Crippen molar-refractivity contribution in [3.8, 4) is 5.69 Å². The quantitative estimate of drug-likeness (QED) is 0.898. The number of hydrogen-bond acceptors (Lipinski definition) is 5. The van der Waals surface area contributed by atoms with E-state index in [1.54, 1.807) is 11.0 Å².